The zero-order chi connectivity index (χ0) is 20.9. The molecule has 0 radical (unpaired) electrons. The highest BCUT2D eigenvalue weighted by Gasteiger charge is 2.30. The van der Waals surface area contributed by atoms with Crippen LogP contribution in [0.1, 0.15) is 43.0 Å². The van der Waals surface area contributed by atoms with Gasteiger partial charge in [-0.1, -0.05) is 61.4 Å². The van der Waals surface area contributed by atoms with Crippen molar-refractivity contribution in [3.63, 3.8) is 0 Å². The third-order valence-corrected chi connectivity index (χ3v) is 6.47. The predicted molar refractivity (Wildman–Crippen MR) is 119 cm³/mol. The summed E-state index contributed by atoms with van der Waals surface area (Å²) in [5.41, 5.74) is 2.76. The zero-order valence-electron chi connectivity index (χ0n) is 17.7. The summed E-state index contributed by atoms with van der Waals surface area (Å²) in [7, 11) is 0. The van der Waals surface area contributed by atoms with Crippen molar-refractivity contribution >= 4 is 11.8 Å². The van der Waals surface area contributed by atoms with Crippen molar-refractivity contribution in [1.29, 1.82) is 0 Å². The summed E-state index contributed by atoms with van der Waals surface area (Å²) < 4.78 is 0. The number of carbonyl (C=O) groups is 2. The Bertz CT molecular complexity index is 869. The summed E-state index contributed by atoms with van der Waals surface area (Å²) in [4.78, 5) is 30.0. The quantitative estimate of drug-likeness (QED) is 0.828. The van der Waals surface area contributed by atoms with E-state index in [0.29, 0.717) is 19.1 Å². The van der Waals surface area contributed by atoms with E-state index in [4.69, 9.17) is 0 Å². The molecule has 2 amide bonds. The molecule has 30 heavy (non-hydrogen) atoms. The molecule has 1 aliphatic heterocycles. The van der Waals surface area contributed by atoms with E-state index < -0.39 is 0 Å². The van der Waals surface area contributed by atoms with Crippen LogP contribution in [0, 0.1) is 0 Å². The molecule has 0 spiro atoms. The van der Waals surface area contributed by atoms with Crippen molar-refractivity contribution in [2.24, 2.45) is 0 Å². The molecule has 0 bridgehead atoms. The maximum Gasteiger partial charge on any atom is 0.254 e. The molecule has 1 unspecified atom stereocenters. The van der Waals surface area contributed by atoms with Crippen molar-refractivity contribution in [3.8, 4) is 11.1 Å². The van der Waals surface area contributed by atoms with Gasteiger partial charge in [0, 0.05) is 37.8 Å². The monoisotopic (exact) mass is 405 g/mol. The lowest BCUT2D eigenvalue weighted by atomic mass is 9.98. The van der Waals surface area contributed by atoms with Gasteiger partial charge in [-0.25, -0.2) is 0 Å². The number of nitrogens with one attached hydrogen (secondary N) is 1. The number of benzene rings is 2. The van der Waals surface area contributed by atoms with Gasteiger partial charge in [0.05, 0.1) is 6.04 Å². The number of piperazine rings is 1. The summed E-state index contributed by atoms with van der Waals surface area (Å²) in [6, 6.07) is 18.0. The Morgan fingerprint density at radius 1 is 0.900 bits per heavy atom. The minimum atomic E-state index is -0.153. The van der Waals surface area contributed by atoms with Crippen LogP contribution in [-0.2, 0) is 4.79 Å². The molecule has 2 aromatic carbocycles. The first-order chi connectivity index (χ1) is 14.6. The number of amides is 2. The highest BCUT2D eigenvalue weighted by molar-refractivity contribution is 6.01. The highest BCUT2D eigenvalue weighted by Crippen LogP contribution is 2.25. The first-order valence-electron chi connectivity index (χ1n) is 11.1. The summed E-state index contributed by atoms with van der Waals surface area (Å²) in [5.74, 6) is 0.188. The molecular formula is C25H31N3O2. The van der Waals surface area contributed by atoms with Gasteiger partial charge in [0.25, 0.3) is 5.91 Å². The lowest BCUT2D eigenvalue weighted by Crippen LogP contribution is -2.55. The van der Waals surface area contributed by atoms with Crippen molar-refractivity contribution in [2.75, 3.05) is 26.2 Å². The predicted octanol–water partition coefficient (Wildman–Crippen LogP) is 3.56. The van der Waals surface area contributed by atoms with Gasteiger partial charge in [-0.2, -0.15) is 0 Å². The number of nitrogens with zero attached hydrogens (tertiary/aromatic N) is 2. The van der Waals surface area contributed by atoms with Crippen molar-refractivity contribution in [1.82, 2.24) is 15.1 Å². The largest absolute Gasteiger partial charge is 0.352 e. The summed E-state index contributed by atoms with van der Waals surface area (Å²) in [5, 5.41) is 3.20. The van der Waals surface area contributed by atoms with E-state index in [1.54, 1.807) is 0 Å². The number of hydrogen-bond donors (Lipinski definition) is 1. The Morgan fingerprint density at radius 3 is 2.23 bits per heavy atom. The average Bonchev–Trinajstić information content (AvgIpc) is 3.32. The van der Waals surface area contributed by atoms with Crippen molar-refractivity contribution in [2.45, 2.75) is 44.7 Å². The van der Waals surface area contributed by atoms with E-state index in [0.717, 1.165) is 42.6 Å². The van der Waals surface area contributed by atoms with Gasteiger partial charge in [0.2, 0.25) is 5.91 Å². The standard InChI is InChI=1S/C25H31N3O2/c1-19(24(29)26-21-11-5-6-12-21)27-15-17-28(18-16-27)25(30)23-14-8-7-13-22(23)20-9-3-2-4-10-20/h2-4,7-10,13-14,19,21H,5-6,11-12,15-18H2,1H3,(H,26,29). The first-order valence-corrected chi connectivity index (χ1v) is 11.1. The minimum absolute atomic E-state index is 0.0668. The van der Waals surface area contributed by atoms with E-state index in [-0.39, 0.29) is 17.9 Å². The van der Waals surface area contributed by atoms with Gasteiger partial charge in [-0.3, -0.25) is 14.5 Å². The van der Waals surface area contributed by atoms with E-state index in [1.165, 1.54) is 12.8 Å². The van der Waals surface area contributed by atoms with Gasteiger partial charge < -0.3 is 10.2 Å². The molecule has 5 heteroatoms. The van der Waals surface area contributed by atoms with Crippen LogP contribution in [0.15, 0.2) is 54.6 Å². The number of hydrogen-bond acceptors (Lipinski definition) is 3. The molecule has 2 aromatic rings. The smallest absolute Gasteiger partial charge is 0.254 e. The van der Waals surface area contributed by atoms with Crippen LogP contribution in [0.5, 0.6) is 0 Å². The number of carbonyl (C=O) groups excluding carboxylic acids is 2. The van der Waals surface area contributed by atoms with Crippen LogP contribution in [0.3, 0.4) is 0 Å². The second-order valence-corrected chi connectivity index (χ2v) is 8.41. The summed E-state index contributed by atoms with van der Waals surface area (Å²) in [6.45, 7) is 4.70. The Morgan fingerprint density at radius 2 is 1.53 bits per heavy atom. The van der Waals surface area contributed by atoms with Crippen molar-refractivity contribution in [3.05, 3.63) is 60.2 Å². The molecule has 1 saturated heterocycles. The summed E-state index contributed by atoms with van der Waals surface area (Å²) in [6.07, 6.45) is 4.62. The maximum absolute atomic E-state index is 13.3. The zero-order valence-corrected chi connectivity index (χ0v) is 17.7. The Balaban J connectivity index is 1.38. The van der Waals surface area contributed by atoms with Crippen LogP contribution < -0.4 is 5.32 Å². The molecule has 1 atom stereocenters. The van der Waals surface area contributed by atoms with E-state index in [1.807, 2.05) is 66.4 Å². The molecule has 1 aliphatic carbocycles. The van der Waals surface area contributed by atoms with Gasteiger partial charge in [-0.15, -0.1) is 0 Å². The average molecular weight is 406 g/mol. The van der Waals surface area contributed by atoms with E-state index in [9.17, 15) is 9.59 Å². The Kier molecular flexibility index (Phi) is 6.48. The van der Waals surface area contributed by atoms with Gasteiger partial charge in [-0.05, 0) is 37.0 Å². The van der Waals surface area contributed by atoms with Crippen molar-refractivity contribution < 1.29 is 9.59 Å². The van der Waals surface area contributed by atoms with E-state index >= 15 is 0 Å². The van der Waals surface area contributed by atoms with Crippen LogP contribution in [0.2, 0.25) is 0 Å². The third kappa shape index (κ3) is 4.57. The topological polar surface area (TPSA) is 52.7 Å². The molecular weight excluding hydrogens is 374 g/mol. The molecule has 1 heterocycles. The molecule has 4 rings (SSSR count). The molecule has 5 nitrogen and oxygen atoms in total. The highest BCUT2D eigenvalue weighted by atomic mass is 16.2. The second-order valence-electron chi connectivity index (χ2n) is 8.41. The minimum Gasteiger partial charge on any atom is -0.352 e. The van der Waals surface area contributed by atoms with Crippen LogP contribution in [-0.4, -0.2) is 59.9 Å². The fourth-order valence-corrected chi connectivity index (χ4v) is 4.58. The fraction of sp³-hybridized carbons (Fsp3) is 0.440. The molecule has 158 valence electrons. The van der Waals surface area contributed by atoms with Crippen LogP contribution in [0.4, 0.5) is 0 Å². The van der Waals surface area contributed by atoms with Gasteiger partial charge in [0.15, 0.2) is 0 Å². The fourth-order valence-electron chi connectivity index (χ4n) is 4.58. The van der Waals surface area contributed by atoms with Gasteiger partial charge >= 0.3 is 0 Å². The molecule has 1 saturated carbocycles. The molecule has 1 N–H and O–H groups in total. The third-order valence-electron chi connectivity index (χ3n) is 6.47. The lowest BCUT2D eigenvalue weighted by Gasteiger charge is -2.38. The second kappa shape index (κ2) is 9.43. The van der Waals surface area contributed by atoms with Gasteiger partial charge in [0.1, 0.15) is 0 Å². The number of rotatable bonds is 5. The maximum atomic E-state index is 13.3. The molecule has 0 aromatic heterocycles. The molecule has 2 aliphatic rings. The Labute approximate surface area is 179 Å². The Hall–Kier alpha value is -2.66. The van der Waals surface area contributed by atoms with E-state index in [2.05, 4.69) is 10.2 Å². The lowest BCUT2D eigenvalue weighted by molar-refractivity contribution is -0.127. The van der Waals surface area contributed by atoms with Crippen LogP contribution in [0.25, 0.3) is 11.1 Å². The molecule has 2 fully saturated rings. The normalized spacial score (nSPS) is 18.9. The summed E-state index contributed by atoms with van der Waals surface area (Å²) >= 11 is 0. The first kappa shape index (κ1) is 20.6. The SMILES string of the molecule is CC(C(=O)NC1CCCC1)N1CCN(C(=O)c2ccccc2-c2ccccc2)CC1. The van der Waals surface area contributed by atoms with Crippen LogP contribution >= 0.6 is 0 Å².